The fourth-order valence-electron chi connectivity index (χ4n) is 3.60. The molecule has 0 aliphatic carbocycles. The van der Waals surface area contributed by atoms with Crippen LogP contribution in [0.1, 0.15) is 19.3 Å². The highest BCUT2D eigenvalue weighted by Gasteiger charge is 2.25. The van der Waals surface area contributed by atoms with Crippen LogP contribution in [0.15, 0.2) is 59.5 Å². The van der Waals surface area contributed by atoms with E-state index < -0.39 is 9.84 Å². The molecule has 1 fully saturated rings. The Morgan fingerprint density at radius 2 is 1.74 bits per heavy atom. The Bertz CT molecular complexity index is 1010. The fraction of sp³-hybridized carbons (Fsp3) is 0.364. The quantitative estimate of drug-likeness (QED) is 0.609. The molecule has 0 saturated carbocycles. The van der Waals surface area contributed by atoms with E-state index >= 15 is 0 Å². The van der Waals surface area contributed by atoms with E-state index in [0.29, 0.717) is 12.2 Å². The van der Waals surface area contributed by atoms with Gasteiger partial charge in [0.1, 0.15) is 0 Å². The van der Waals surface area contributed by atoms with Gasteiger partial charge in [0.25, 0.3) is 0 Å². The van der Waals surface area contributed by atoms with E-state index in [1.165, 1.54) is 12.1 Å². The van der Waals surface area contributed by atoms with Gasteiger partial charge in [-0.15, -0.1) is 0 Å². The van der Waals surface area contributed by atoms with Crippen molar-refractivity contribution < 1.29 is 18.0 Å². The smallest absolute Gasteiger partial charge is 0.319 e. The molecule has 1 saturated heterocycles. The normalized spacial score (nSPS) is 17.0. The third-order valence-corrected chi connectivity index (χ3v) is 6.28. The van der Waals surface area contributed by atoms with Gasteiger partial charge in [-0.25, -0.2) is 13.2 Å². The van der Waals surface area contributed by atoms with Gasteiger partial charge in [-0.1, -0.05) is 30.7 Å². The van der Waals surface area contributed by atoms with Gasteiger partial charge in [-0.3, -0.25) is 9.69 Å². The van der Waals surface area contributed by atoms with Crippen LogP contribution in [0.2, 0.25) is 0 Å². The van der Waals surface area contributed by atoms with Crippen LogP contribution >= 0.6 is 0 Å². The average molecular weight is 445 g/mol. The topological polar surface area (TPSA) is 108 Å². The highest BCUT2D eigenvalue weighted by molar-refractivity contribution is 7.90. The summed E-state index contributed by atoms with van der Waals surface area (Å²) in [6, 6.07) is 15.2. The Kier molecular flexibility index (Phi) is 7.64. The number of sulfone groups is 1. The van der Waals surface area contributed by atoms with E-state index in [2.05, 4.69) is 20.9 Å². The van der Waals surface area contributed by atoms with E-state index in [-0.39, 0.29) is 29.4 Å². The molecule has 0 radical (unpaired) electrons. The maximum Gasteiger partial charge on any atom is 0.319 e. The maximum atomic E-state index is 12.6. The molecule has 8 nitrogen and oxygen atoms in total. The summed E-state index contributed by atoms with van der Waals surface area (Å²) in [5.74, 6) is -0.216. The van der Waals surface area contributed by atoms with Crippen LogP contribution in [0.5, 0.6) is 0 Å². The van der Waals surface area contributed by atoms with Crippen LogP contribution in [-0.2, 0) is 14.6 Å². The summed E-state index contributed by atoms with van der Waals surface area (Å²) in [7, 11) is -3.34. The molecule has 0 aromatic heterocycles. The molecule has 1 unspecified atom stereocenters. The SMILES string of the molecule is CS(=O)(=O)c1cccc(NC(=O)CN2CCCCC2CNC(=O)Nc2ccccc2)c1. The van der Waals surface area contributed by atoms with Gasteiger partial charge < -0.3 is 16.0 Å². The van der Waals surface area contributed by atoms with E-state index in [4.69, 9.17) is 0 Å². The van der Waals surface area contributed by atoms with Crippen LogP contribution < -0.4 is 16.0 Å². The predicted molar refractivity (Wildman–Crippen MR) is 121 cm³/mol. The van der Waals surface area contributed by atoms with Crippen molar-refractivity contribution in [1.29, 1.82) is 0 Å². The van der Waals surface area contributed by atoms with Crippen molar-refractivity contribution in [2.75, 3.05) is 36.5 Å². The van der Waals surface area contributed by atoms with Crippen molar-refractivity contribution in [3.05, 3.63) is 54.6 Å². The number of urea groups is 1. The van der Waals surface area contributed by atoms with Crippen molar-refractivity contribution in [2.24, 2.45) is 0 Å². The molecule has 3 N–H and O–H groups in total. The molecule has 0 bridgehead atoms. The molecule has 3 rings (SSSR count). The molecule has 2 aromatic carbocycles. The monoisotopic (exact) mass is 444 g/mol. The summed E-state index contributed by atoms with van der Waals surface area (Å²) >= 11 is 0. The number of nitrogens with one attached hydrogen (secondary N) is 3. The van der Waals surface area contributed by atoms with Crippen LogP contribution in [0.3, 0.4) is 0 Å². The van der Waals surface area contributed by atoms with Crippen LogP contribution in [0.4, 0.5) is 16.2 Å². The fourth-order valence-corrected chi connectivity index (χ4v) is 4.26. The van der Waals surface area contributed by atoms with E-state index in [0.717, 1.165) is 37.8 Å². The molecule has 9 heteroatoms. The van der Waals surface area contributed by atoms with Crippen molar-refractivity contribution in [3.63, 3.8) is 0 Å². The number of hydrogen-bond donors (Lipinski definition) is 3. The predicted octanol–water partition coefficient (Wildman–Crippen LogP) is 2.70. The van der Waals surface area contributed by atoms with Crippen LogP contribution in [0.25, 0.3) is 0 Å². The second kappa shape index (κ2) is 10.4. The summed E-state index contributed by atoms with van der Waals surface area (Å²) in [4.78, 5) is 27.0. The number of benzene rings is 2. The molecule has 1 heterocycles. The minimum atomic E-state index is -3.34. The summed E-state index contributed by atoms with van der Waals surface area (Å²) < 4.78 is 23.4. The highest BCUT2D eigenvalue weighted by atomic mass is 32.2. The van der Waals surface area contributed by atoms with Gasteiger partial charge in [0, 0.05) is 30.2 Å². The Balaban J connectivity index is 1.53. The number of carbonyl (C=O) groups excluding carboxylic acids is 2. The Labute approximate surface area is 182 Å². The lowest BCUT2D eigenvalue weighted by molar-refractivity contribution is -0.118. The first-order valence-corrected chi connectivity index (χ1v) is 12.1. The molecule has 3 amide bonds. The number of carbonyl (C=O) groups is 2. The third-order valence-electron chi connectivity index (χ3n) is 5.17. The molecule has 166 valence electrons. The Morgan fingerprint density at radius 3 is 2.48 bits per heavy atom. The number of likely N-dealkylation sites (tertiary alicyclic amines) is 1. The lowest BCUT2D eigenvalue weighted by Crippen LogP contribution is -2.49. The molecule has 1 aliphatic heterocycles. The molecule has 31 heavy (non-hydrogen) atoms. The second-order valence-electron chi connectivity index (χ2n) is 7.67. The van der Waals surface area contributed by atoms with Gasteiger partial charge in [0.2, 0.25) is 5.91 Å². The first-order valence-electron chi connectivity index (χ1n) is 10.3. The number of rotatable bonds is 7. The van der Waals surface area contributed by atoms with Gasteiger partial charge in [-0.05, 0) is 49.7 Å². The lowest BCUT2D eigenvalue weighted by atomic mass is 10.0. The molecule has 0 spiro atoms. The standard InChI is InChI=1S/C22H28N4O4S/c1-31(29,30)20-12-7-10-18(14-20)24-21(27)16-26-13-6-5-11-19(26)15-23-22(28)25-17-8-3-2-4-9-17/h2-4,7-10,12,14,19H,5-6,11,13,15-16H2,1H3,(H,24,27)(H2,23,25,28). The first kappa shape index (κ1) is 22.8. The van der Waals surface area contributed by atoms with Gasteiger partial charge in [0.05, 0.1) is 11.4 Å². The van der Waals surface area contributed by atoms with Crippen LogP contribution in [-0.4, -0.2) is 57.2 Å². The second-order valence-corrected chi connectivity index (χ2v) is 9.69. The maximum absolute atomic E-state index is 12.6. The van der Waals surface area contributed by atoms with Gasteiger partial charge >= 0.3 is 6.03 Å². The molecule has 2 aromatic rings. The van der Waals surface area contributed by atoms with Crippen molar-refractivity contribution in [2.45, 2.75) is 30.2 Å². The number of hydrogen-bond acceptors (Lipinski definition) is 5. The number of anilines is 2. The van der Waals surface area contributed by atoms with Crippen molar-refractivity contribution in [1.82, 2.24) is 10.2 Å². The number of para-hydroxylation sites is 1. The minimum Gasteiger partial charge on any atom is -0.336 e. The Hall–Kier alpha value is -2.91. The highest BCUT2D eigenvalue weighted by Crippen LogP contribution is 2.18. The van der Waals surface area contributed by atoms with E-state index in [9.17, 15) is 18.0 Å². The van der Waals surface area contributed by atoms with Gasteiger partial charge in [0.15, 0.2) is 9.84 Å². The van der Waals surface area contributed by atoms with Gasteiger partial charge in [-0.2, -0.15) is 0 Å². The lowest BCUT2D eigenvalue weighted by Gasteiger charge is -2.35. The summed E-state index contributed by atoms with van der Waals surface area (Å²) in [6.07, 6.45) is 4.06. The average Bonchev–Trinajstić information content (AvgIpc) is 2.73. The summed E-state index contributed by atoms with van der Waals surface area (Å²) in [5.41, 5.74) is 1.16. The largest absolute Gasteiger partial charge is 0.336 e. The molecular weight excluding hydrogens is 416 g/mol. The molecule has 1 atom stereocenters. The van der Waals surface area contributed by atoms with Crippen LogP contribution in [0, 0.1) is 0 Å². The third kappa shape index (κ3) is 7.08. The Morgan fingerprint density at radius 1 is 1.00 bits per heavy atom. The first-order chi connectivity index (χ1) is 14.8. The number of amides is 3. The minimum absolute atomic E-state index is 0.0587. The van der Waals surface area contributed by atoms with Crippen molar-refractivity contribution in [3.8, 4) is 0 Å². The zero-order valence-electron chi connectivity index (χ0n) is 17.5. The van der Waals surface area contributed by atoms with E-state index in [1.807, 2.05) is 30.3 Å². The molecular formula is C22H28N4O4S. The number of nitrogens with zero attached hydrogens (tertiary/aromatic N) is 1. The zero-order valence-corrected chi connectivity index (χ0v) is 18.3. The molecule has 1 aliphatic rings. The van der Waals surface area contributed by atoms with Crippen molar-refractivity contribution >= 4 is 33.2 Å². The summed E-state index contributed by atoms with van der Waals surface area (Å²) in [5, 5.41) is 8.45. The number of piperidine rings is 1. The van der Waals surface area contributed by atoms with E-state index in [1.54, 1.807) is 12.1 Å². The summed E-state index contributed by atoms with van der Waals surface area (Å²) in [6.45, 7) is 1.38. The zero-order chi connectivity index (χ0) is 22.3.